The molecule has 0 spiro atoms. The van der Waals surface area contributed by atoms with E-state index in [-0.39, 0.29) is 12.5 Å². The lowest BCUT2D eigenvalue weighted by atomic mass is 10.1. The van der Waals surface area contributed by atoms with E-state index >= 15 is 0 Å². The van der Waals surface area contributed by atoms with Crippen LogP contribution in [0.2, 0.25) is 0 Å². The number of aliphatic hydroxyl groups is 1. The molecule has 0 aromatic carbocycles. The van der Waals surface area contributed by atoms with E-state index in [4.69, 9.17) is 9.15 Å². The molecule has 1 unspecified atom stereocenters. The Morgan fingerprint density at radius 2 is 2.37 bits per heavy atom. The summed E-state index contributed by atoms with van der Waals surface area (Å²) in [5, 5.41) is 16.2. The van der Waals surface area contributed by atoms with Gasteiger partial charge in [-0.25, -0.2) is 0 Å². The number of nitrogens with one attached hydrogen (secondary N) is 2. The minimum Gasteiger partial charge on any atom is -0.472 e. The van der Waals surface area contributed by atoms with Crippen LogP contribution in [0.3, 0.4) is 0 Å². The lowest BCUT2D eigenvalue weighted by Crippen LogP contribution is -2.45. The summed E-state index contributed by atoms with van der Waals surface area (Å²) >= 11 is 1.54. The van der Waals surface area contributed by atoms with Gasteiger partial charge in [-0.05, 0) is 24.1 Å². The third kappa shape index (κ3) is 7.87. The molecule has 30 heavy (non-hydrogen) atoms. The molecule has 2 aliphatic heterocycles. The van der Waals surface area contributed by atoms with Crippen LogP contribution in [0.25, 0.3) is 0 Å². The Kier molecular flexibility index (Phi) is 8.82. The average molecular weight is 432 g/mol. The topological polar surface area (TPSA) is 87.0 Å². The predicted molar refractivity (Wildman–Crippen MR) is 118 cm³/mol. The van der Waals surface area contributed by atoms with E-state index in [1.165, 1.54) is 11.8 Å². The fourth-order valence-corrected chi connectivity index (χ4v) is 3.86. The molecule has 2 aliphatic rings. The monoisotopic (exact) mass is 431 g/mol. The molecule has 0 aliphatic carbocycles. The fraction of sp³-hybridized carbons (Fsp3) is 0.409. The Labute approximate surface area is 181 Å². The standard InChI is InChI=1S/C22H29N3O4S/c26-21(18-30-17-20-7-13-28-16-20)23-8-2-5-12-29-22(27)14-19(6-9-24-22)15-25-10-3-1-4-11-25/h1-3,5-7,9,13-14,16,24,27H,4,8,10-12,15,17-18H2,(H,23,26). The quantitative estimate of drug-likeness (QED) is 0.366. The van der Waals surface area contributed by atoms with Gasteiger partial charge in [0.15, 0.2) is 0 Å². The molecular formula is C22H29N3O4S. The van der Waals surface area contributed by atoms with Crippen molar-refractivity contribution in [3.05, 3.63) is 72.4 Å². The lowest BCUT2D eigenvalue weighted by molar-refractivity contribution is -0.174. The summed E-state index contributed by atoms with van der Waals surface area (Å²) in [6.07, 6.45) is 17.7. The average Bonchev–Trinajstić information content (AvgIpc) is 3.25. The van der Waals surface area contributed by atoms with Gasteiger partial charge < -0.3 is 24.9 Å². The van der Waals surface area contributed by atoms with Crippen LogP contribution in [0.15, 0.2) is 71.2 Å². The molecule has 8 heteroatoms. The van der Waals surface area contributed by atoms with Crippen molar-refractivity contribution in [2.45, 2.75) is 18.1 Å². The van der Waals surface area contributed by atoms with Gasteiger partial charge >= 0.3 is 0 Å². The summed E-state index contributed by atoms with van der Waals surface area (Å²) in [6.45, 7) is 3.36. The van der Waals surface area contributed by atoms with E-state index < -0.39 is 5.91 Å². The van der Waals surface area contributed by atoms with Gasteiger partial charge in [-0.2, -0.15) is 0 Å². The first kappa shape index (κ1) is 22.4. The number of hydrogen-bond donors (Lipinski definition) is 3. The zero-order valence-corrected chi connectivity index (χ0v) is 17.8. The number of carbonyl (C=O) groups excluding carboxylic acids is 1. The van der Waals surface area contributed by atoms with Crippen molar-refractivity contribution < 1.29 is 19.1 Å². The Morgan fingerprint density at radius 1 is 1.43 bits per heavy atom. The molecule has 1 atom stereocenters. The Hall–Kier alpha value is -2.26. The van der Waals surface area contributed by atoms with Crippen molar-refractivity contribution in [1.82, 2.24) is 15.5 Å². The summed E-state index contributed by atoms with van der Waals surface area (Å²) in [4.78, 5) is 14.1. The molecule has 162 valence electrons. The van der Waals surface area contributed by atoms with Crippen molar-refractivity contribution in [1.29, 1.82) is 0 Å². The molecule has 0 bridgehead atoms. The van der Waals surface area contributed by atoms with Crippen LogP contribution in [0, 0.1) is 0 Å². The second kappa shape index (κ2) is 11.8. The maximum absolute atomic E-state index is 11.8. The first-order chi connectivity index (χ1) is 14.6. The number of hydrogen-bond acceptors (Lipinski definition) is 7. The molecular weight excluding hydrogens is 402 g/mol. The van der Waals surface area contributed by atoms with Gasteiger partial charge in [-0.15, -0.1) is 11.8 Å². The molecule has 0 saturated carbocycles. The highest BCUT2D eigenvalue weighted by atomic mass is 32.2. The van der Waals surface area contributed by atoms with Crippen LogP contribution < -0.4 is 10.6 Å². The van der Waals surface area contributed by atoms with E-state index in [0.717, 1.165) is 42.9 Å². The number of dihydropyridines is 1. The molecule has 7 nitrogen and oxygen atoms in total. The number of amides is 1. The molecule has 1 amide bonds. The van der Waals surface area contributed by atoms with Gasteiger partial charge in [-0.3, -0.25) is 9.69 Å². The molecule has 0 fully saturated rings. The Bertz CT molecular complexity index is 788. The van der Waals surface area contributed by atoms with Crippen molar-refractivity contribution in [2.24, 2.45) is 0 Å². The van der Waals surface area contributed by atoms with Gasteiger partial charge in [-0.1, -0.05) is 24.3 Å². The molecule has 3 N–H and O–H groups in total. The highest BCUT2D eigenvalue weighted by molar-refractivity contribution is 7.99. The number of ether oxygens (including phenoxy) is 1. The first-order valence-corrected chi connectivity index (χ1v) is 11.2. The Balaban J connectivity index is 1.30. The summed E-state index contributed by atoms with van der Waals surface area (Å²) in [5.41, 5.74) is 2.08. The number of rotatable bonds is 11. The molecule has 3 rings (SSSR count). The van der Waals surface area contributed by atoms with Crippen LogP contribution in [-0.2, 0) is 15.3 Å². The lowest BCUT2D eigenvalue weighted by Gasteiger charge is -2.30. The fourth-order valence-electron chi connectivity index (χ4n) is 3.07. The van der Waals surface area contributed by atoms with Crippen LogP contribution >= 0.6 is 11.8 Å². The summed E-state index contributed by atoms with van der Waals surface area (Å²) in [5.74, 6) is -0.400. The van der Waals surface area contributed by atoms with Gasteiger partial charge in [0.2, 0.25) is 5.91 Å². The zero-order chi connectivity index (χ0) is 21.1. The molecule has 0 saturated heterocycles. The van der Waals surface area contributed by atoms with Crippen molar-refractivity contribution in [3.8, 4) is 0 Å². The van der Waals surface area contributed by atoms with Crippen molar-refractivity contribution in [3.63, 3.8) is 0 Å². The number of thioether (sulfide) groups is 1. The SMILES string of the molecule is O=C(CSCc1ccoc1)NCC=CCOC1(O)C=C(CN2CC=CCC2)C=CN1. The van der Waals surface area contributed by atoms with Gasteiger partial charge in [0.05, 0.1) is 24.9 Å². The van der Waals surface area contributed by atoms with E-state index in [1.54, 1.807) is 30.9 Å². The van der Waals surface area contributed by atoms with Gasteiger partial charge in [0.1, 0.15) is 0 Å². The van der Waals surface area contributed by atoms with Gasteiger partial charge in [0.25, 0.3) is 5.91 Å². The van der Waals surface area contributed by atoms with Crippen LogP contribution in [0.1, 0.15) is 12.0 Å². The summed E-state index contributed by atoms with van der Waals surface area (Å²) in [6, 6.07) is 1.89. The summed E-state index contributed by atoms with van der Waals surface area (Å²) < 4.78 is 10.6. The number of nitrogens with zero attached hydrogens (tertiary/aromatic N) is 1. The summed E-state index contributed by atoms with van der Waals surface area (Å²) in [7, 11) is 0. The van der Waals surface area contributed by atoms with Crippen LogP contribution in [-0.4, -0.2) is 60.4 Å². The van der Waals surface area contributed by atoms with Crippen LogP contribution in [0.5, 0.6) is 0 Å². The zero-order valence-electron chi connectivity index (χ0n) is 17.0. The second-order valence-electron chi connectivity index (χ2n) is 7.10. The molecule has 0 radical (unpaired) electrons. The normalized spacial score (nSPS) is 21.6. The minimum absolute atomic E-state index is 0.0214. The largest absolute Gasteiger partial charge is 0.472 e. The van der Waals surface area contributed by atoms with Crippen LogP contribution in [0.4, 0.5) is 0 Å². The van der Waals surface area contributed by atoms with E-state index in [1.807, 2.05) is 18.2 Å². The molecule has 1 aromatic rings. The highest BCUT2D eigenvalue weighted by Crippen LogP contribution is 2.16. The third-order valence-corrected chi connectivity index (χ3v) is 5.59. The number of furan rings is 1. The molecule has 1 aromatic heterocycles. The van der Waals surface area contributed by atoms with E-state index in [0.29, 0.717) is 12.3 Å². The highest BCUT2D eigenvalue weighted by Gasteiger charge is 2.26. The maximum atomic E-state index is 11.8. The van der Waals surface area contributed by atoms with E-state index in [2.05, 4.69) is 27.7 Å². The Morgan fingerprint density at radius 3 is 3.17 bits per heavy atom. The smallest absolute Gasteiger partial charge is 0.268 e. The molecule has 3 heterocycles. The number of carbonyl (C=O) groups is 1. The van der Waals surface area contributed by atoms with Crippen molar-refractivity contribution in [2.75, 3.05) is 38.5 Å². The maximum Gasteiger partial charge on any atom is 0.268 e. The predicted octanol–water partition coefficient (Wildman–Crippen LogP) is 2.15. The van der Waals surface area contributed by atoms with Crippen molar-refractivity contribution >= 4 is 17.7 Å². The third-order valence-electron chi connectivity index (χ3n) is 4.58. The second-order valence-corrected chi connectivity index (χ2v) is 8.09. The van der Waals surface area contributed by atoms with Gasteiger partial charge in [0, 0.05) is 49.8 Å². The minimum atomic E-state index is -1.52. The first-order valence-electron chi connectivity index (χ1n) is 10.0. The van der Waals surface area contributed by atoms with E-state index in [9.17, 15) is 9.90 Å².